The lowest BCUT2D eigenvalue weighted by Gasteiger charge is -2.06. The molecule has 1 rings (SSSR count). The van der Waals surface area contributed by atoms with Crippen molar-refractivity contribution >= 4 is 5.97 Å². The predicted molar refractivity (Wildman–Crippen MR) is 66.1 cm³/mol. The van der Waals surface area contributed by atoms with Gasteiger partial charge in [-0.1, -0.05) is 18.6 Å². The molecule has 2 heteroatoms. The fourth-order valence-electron chi connectivity index (χ4n) is 2.23. The van der Waals surface area contributed by atoms with Gasteiger partial charge >= 0.3 is 5.97 Å². The molecular weight excluding hydrogens is 200 g/mol. The zero-order chi connectivity index (χ0) is 12.1. The van der Waals surface area contributed by atoms with Crippen molar-refractivity contribution in [3.8, 4) is 0 Å². The number of rotatable bonds is 6. The summed E-state index contributed by atoms with van der Waals surface area (Å²) in [6.07, 6.45) is 5.70. The first-order chi connectivity index (χ1) is 7.54. The Balaban J connectivity index is 2.17. The normalized spacial score (nSPS) is 24.8. The van der Waals surface area contributed by atoms with Crippen molar-refractivity contribution in [3.05, 3.63) is 11.6 Å². The highest BCUT2D eigenvalue weighted by Crippen LogP contribution is 2.43. The van der Waals surface area contributed by atoms with Gasteiger partial charge in [-0.15, -0.1) is 0 Å². The molecule has 0 amide bonds. The van der Waals surface area contributed by atoms with Crippen molar-refractivity contribution in [2.75, 3.05) is 6.61 Å². The molecule has 2 nitrogen and oxygen atoms in total. The van der Waals surface area contributed by atoms with Crippen molar-refractivity contribution in [2.24, 2.45) is 17.8 Å². The summed E-state index contributed by atoms with van der Waals surface area (Å²) >= 11 is 0. The number of allylic oxidation sites excluding steroid dienone is 2. The Kier molecular flexibility index (Phi) is 5.04. The molecule has 3 unspecified atom stereocenters. The van der Waals surface area contributed by atoms with E-state index in [0.717, 1.165) is 12.8 Å². The van der Waals surface area contributed by atoms with Crippen molar-refractivity contribution in [3.63, 3.8) is 0 Å². The predicted octanol–water partition coefficient (Wildman–Crippen LogP) is 3.57. The Labute approximate surface area is 99.1 Å². The highest BCUT2D eigenvalue weighted by atomic mass is 16.5. The molecular formula is C14H24O2. The van der Waals surface area contributed by atoms with E-state index in [1.165, 1.54) is 12.0 Å². The molecule has 0 heterocycles. The zero-order valence-electron chi connectivity index (χ0n) is 11.0. The molecule has 0 aromatic rings. The molecule has 92 valence electrons. The third kappa shape index (κ3) is 4.38. The molecule has 0 radical (unpaired) electrons. The van der Waals surface area contributed by atoms with E-state index in [9.17, 15) is 4.79 Å². The van der Waals surface area contributed by atoms with Crippen LogP contribution in [0.5, 0.6) is 0 Å². The summed E-state index contributed by atoms with van der Waals surface area (Å²) in [5.74, 6) is 1.45. The van der Waals surface area contributed by atoms with Gasteiger partial charge in [-0.25, -0.2) is 0 Å². The monoisotopic (exact) mass is 224 g/mol. The molecule has 1 aliphatic carbocycles. The van der Waals surface area contributed by atoms with E-state index in [2.05, 4.69) is 26.8 Å². The van der Waals surface area contributed by atoms with Gasteiger partial charge in [-0.05, 0) is 51.9 Å². The SMILES string of the molecule is CCOC(=O)C1CC1CCC(C)C=C(C)C. The van der Waals surface area contributed by atoms with Gasteiger partial charge in [0.25, 0.3) is 0 Å². The summed E-state index contributed by atoms with van der Waals surface area (Å²) in [7, 11) is 0. The molecule has 0 saturated heterocycles. The number of ether oxygens (including phenoxy) is 1. The van der Waals surface area contributed by atoms with Crippen LogP contribution in [0.2, 0.25) is 0 Å². The number of carbonyl (C=O) groups is 1. The van der Waals surface area contributed by atoms with Crippen molar-refractivity contribution in [1.82, 2.24) is 0 Å². The Morgan fingerprint density at radius 3 is 2.75 bits per heavy atom. The number of esters is 1. The Hall–Kier alpha value is -0.790. The lowest BCUT2D eigenvalue weighted by atomic mass is 10.0. The van der Waals surface area contributed by atoms with Gasteiger partial charge in [0.15, 0.2) is 0 Å². The van der Waals surface area contributed by atoms with Crippen molar-refractivity contribution in [1.29, 1.82) is 0 Å². The molecule has 16 heavy (non-hydrogen) atoms. The molecule has 3 atom stereocenters. The topological polar surface area (TPSA) is 26.3 Å². The van der Waals surface area contributed by atoms with E-state index in [1.807, 2.05) is 6.92 Å². The van der Waals surface area contributed by atoms with Gasteiger partial charge in [0.1, 0.15) is 0 Å². The van der Waals surface area contributed by atoms with Crippen LogP contribution in [0.1, 0.15) is 47.0 Å². The number of hydrogen-bond donors (Lipinski definition) is 0. The highest BCUT2D eigenvalue weighted by molar-refractivity contribution is 5.75. The summed E-state index contributed by atoms with van der Waals surface area (Å²) in [5.41, 5.74) is 1.38. The van der Waals surface area contributed by atoms with E-state index in [4.69, 9.17) is 4.74 Å². The maximum Gasteiger partial charge on any atom is 0.309 e. The Bertz CT molecular complexity index is 264. The summed E-state index contributed by atoms with van der Waals surface area (Å²) in [4.78, 5) is 11.4. The molecule has 0 spiro atoms. The minimum atomic E-state index is 0.0161. The van der Waals surface area contributed by atoms with Gasteiger partial charge < -0.3 is 4.74 Å². The number of hydrogen-bond acceptors (Lipinski definition) is 2. The van der Waals surface area contributed by atoms with Crippen LogP contribution in [0.25, 0.3) is 0 Å². The summed E-state index contributed by atoms with van der Waals surface area (Å²) in [6.45, 7) is 8.89. The van der Waals surface area contributed by atoms with Crippen LogP contribution in [0.4, 0.5) is 0 Å². The fourth-order valence-corrected chi connectivity index (χ4v) is 2.23. The van der Waals surface area contributed by atoms with Crippen molar-refractivity contribution < 1.29 is 9.53 Å². The quantitative estimate of drug-likeness (QED) is 0.509. The molecule has 0 N–H and O–H groups in total. The summed E-state index contributed by atoms with van der Waals surface area (Å²) in [5, 5.41) is 0. The van der Waals surface area contributed by atoms with Crippen LogP contribution in [-0.4, -0.2) is 12.6 Å². The van der Waals surface area contributed by atoms with Gasteiger partial charge in [0, 0.05) is 0 Å². The average molecular weight is 224 g/mol. The van der Waals surface area contributed by atoms with Crippen LogP contribution in [-0.2, 0) is 9.53 Å². The molecule has 0 bridgehead atoms. The van der Waals surface area contributed by atoms with E-state index in [-0.39, 0.29) is 11.9 Å². The molecule has 1 saturated carbocycles. The highest BCUT2D eigenvalue weighted by Gasteiger charge is 2.43. The minimum absolute atomic E-state index is 0.0161. The van der Waals surface area contributed by atoms with Crippen molar-refractivity contribution in [2.45, 2.75) is 47.0 Å². The standard InChI is InChI=1S/C14H24O2/c1-5-16-14(15)13-9-12(13)7-6-11(4)8-10(2)3/h8,11-13H,5-7,9H2,1-4H3. The molecule has 0 aromatic heterocycles. The minimum Gasteiger partial charge on any atom is -0.466 e. The first kappa shape index (κ1) is 13.3. The Morgan fingerprint density at radius 1 is 1.50 bits per heavy atom. The molecule has 1 aliphatic rings. The first-order valence-corrected chi connectivity index (χ1v) is 6.36. The average Bonchev–Trinajstić information content (AvgIpc) is 2.93. The molecule has 0 aliphatic heterocycles. The van der Waals surface area contributed by atoms with Crippen LogP contribution < -0.4 is 0 Å². The van der Waals surface area contributed by atoms with E-state index in [0.29, 0.717) is 18.4 Å². The largest absolute Gasteiger partial charge is 0.466 e. The smallest absolute Gasteiger partial charge is 0.309 e. The fraction of sp³-hybridized carbons (Fsp3) is 0.786. The second kappa shape index (κ2) is 6.07. The second-order valence-corrected chi connectivity index (χ2v) is 5.15. The summed E-state index contributed by atoms with van der Waals surface area (Å²) < 4.78 is 5.02. The van der Waals surface area contributed by atoms with Crippen LogP contribution in [0.15, 0.2) is 11.6 Å². The van der Waals surface area contributed by atoms with Gasteiger partial charge in [0.2, 0.25) is 0 Å². The van der Waals surface area contributed by atoms with E-state index < -0.39 is 0 Å². The van der Waals surface area contributed by atoms with Gasteiger partial charge in [-0.3, -0.25) is 4.79 Å². The lowest BCUT2D eigenvalue weighted by Crippen LogP contribution is -2.07. The number of carbonyl (C=O) groups excluding carboxylic acids is 1. The zero-order valence-corrected chi connectivity index (χ0v) is 11.0. The Morgan fingerprint density at radius 2 is 2.19 bits per heavy atom. The lowest BCUT2D eigenvalue weighted by molar-refractivity contribution is -0.145. The maximum atomic E-state index is 11.4. The third-order valence-corrected chi connectivity index (χ3v) is 3.12. The second-order valence-electron chi connectivity index (χ2n) is 5.15. The van der Waals surface area contributed by atoms with Crippen LogP contribution in [0.3, 0.4) is 0 Å². The van der Waals surface area contributed by atoms with E-state index in [1.54, 1.807) is 0 Å². The van der Waals surface area contributed by atoms with Gasteiger partial charge in [0.05, 0.1) is 12.5 Å². The molecule has 1 fully saturated rings. The third-order valence-electron chi connectivity index (χ3n) is 3.12. The molecule has 0 aromatic carbocycles. The van der Waals surface area contributed by atoms with Gasteiger partial charge in [-0.2, -0.15) is 0 Å². The summed E-state index contributed by atoms with van der Waals surface area (Å²) in [6, 6.07) is 0. The van der Waals surface area contributed by atoms with Crippen LogP contribution >= 0.6 is 0 Å². The maximum absolute atomic E-state index is 11.4. The first-order valence-electron chi connectivity index (χ1n) is 6.36. The van der Waals surface area contributed by atoms with Crippen LogP contribution in [0, 0.1) is 17.8 Å². The van der Waals surface area contributed by atoms with E-state index >= 15 is 0 Å².